The Kier molecular flexibility index (Phi) is 3.39. The summed E-state index contributed by atoms with van der Waals surface area (Å²) in [5.74, 6) is -4.22. The molecule has 0 aromatic heterocycles. The summed E-state index contributed by atoms with van der Waals surface area (Å²) in [5.41, 5.74) is 0.381. The van der Waals surface area contributed by atoms with Crippen LogP contribution in [0.1, 0.15) is 24.2 Å². The smallest absolute Gasteiger partial charge is 0.319 e. The predicted octanol–water partition coefficient (Wildman–Crippen LogP) is 2.57. The van der Waals surface area contributed by atoms with Crippen molar-refractivity contribution in [3.63, 3.8) is 0 Å². The van der Waals surface area contributed by atoms with Gasteiger partial charge in [-0.3, -0.25) is 9.59 Å². The van der Waals surface area contributed by atoms with Crippen molar-refractivity contribution in [2.75, 3.05) is 11.5 Å². The molecule has 1 saturated heterocycles. The first-order valence-electron chi connectivity index (χ1n) is 6.59. The summed E-state index contributed by atoms with van der Waals surface area (Å²) in [6.07, 6.45) is 0. The molecule has 0 radical (unpaired) electrons. The Hall–Kier alpha value is -1.63. The summed E-state index contributed by atoms with van der Waals surface area (Å²) in [7, 11) is 0. The maximum atomic E-state index is 13.5. The van der Waals surface area contributed by atoms with E-state index in [1.165, 1.54) is 11.8 Å². The molecule has 2 aliphatic heterocycles. The van der Waals surface area contributed by atoms with Gasteiger partial charge < -0.3 is 9.64 Å². The highest BCUT2D eigenvalue weighted by Crippen LogP contribution is 2.50. The molecule has 0 aliphatic carbocycles. The molecule has 0 unspecified atom stereocenters. The van der Waals surface area contributed by atoms with Crippen molar-refractivity contribution in [3.8, 4) is 0 Å². The summed E-state index contributed by atoms with van der Waals surface area (Å²) in [5, 5.41) is -0.424. The standard InChI is InChI=1S/C14H13F2NO3S/c1-3-20-14(19)11-12(18)7-4-8(15)9(16)5-10(7)17-6(2)21-13(11)17/h4-6,11,13H,3H2,1-2H3/t6-,11-,13+/m1/s1. The lowest BCUT2D eigenvalue weighted by atomic mass is 9.90. The van der Waals surface area contributed by atoms with Crippen LogP contribution in [0.25, 0.3) is 0 Å². The molecule has 0 bridgehead atoms. The van der Waals surface area contributed by atoms with E-state index in [1.54, 1.807) is 11.8 Å². The highest BCUT2D eigenvalue weighted by molar-refractivity contribution is 8.02. The van der Waals surface area contributed by atoms with Crippen molar-refractivity contribution in [2.24, 2.45) is 5.92 Å². The summed E-state index contributed by atoms with van der Waals surface area (Å²) in [4.78, 5) is 26.2. The molecule has 3 atom stereocenters. The number of nitrogens with zero attached hydrogens (tertiary/aromatic N) is 1. The highest BCUT2D eigenvalue weighted by atomic mass is 32.2. The zero-order valence-corrected chi connectivity index (χ0v) is 12.2. The normalized spacial score (nSPS) is 26.8. The number of esters is 1. The van der Waals surface area contributed by atoms with Gasteiger partial charge in [0, 0.05) is 11.6 Å². The second kappa shape index (κ2) is 4.98. The molecule has 112 valence electrons. The number of ether oxygens (including phenoxy) is 1. The van der Waals surface area contributed by atoms with Crippen LogP contribution in [0.3, 0.4) is 0 Å². The number of rotatable bonds is 2. The Morgan fingerprint density at radius 2 is 2.05 bits per heavy atom. The largest absolute Gasteiger partial charge is 0.465 e. The minimum atomic E-state index is -1.09. The van der Waals surface area contributed by atoms with Crippen molar-refractivity contribution >= 4 is 29.2 Å². The lowest BCUT2D eigenvalue weighted by Crippen LogP contribution is -2.60. The number of hydrogen-bond acceptors (Lipinski definition) is 5. The summed E-state index contributed by atoms with van der Waals surface area (Å²) < 4.78 is 31.8. The number of benzene rings is 1. The summed E-state index contributed by atoms with van der Waals surface area (Å²) in [6.45, 7) is 3.70. The molecule has 0 amide bonds. The van der Waals surface area contributed by atoms with Crippen LogP contribution < -0.4 is 4.90 Å². The monoisotopic (exact) mass is 313 g/mol. The number of anilines is 1. The number of carbonyl (C=O) groups is 2. The molecule has 2 aliphatic rings. The van der Waals surface area contributed by atoms with E-state index in [0.717, 1.165) is 12.1 Å². The molecular formula is C14H13F2NO3S. The SMILES string of the molecule is CCOC(=O)[C@@H]1C(=O)c2cc(F)c(F)cc2N2[C@@H](C)S[C@@H]12. The second-order valence-corrected chi connectivity index (χ2v) is 6.35. The van der Waals surface area contributed by atoms with Gasteiger partial charge in [-0.1, -0.05) is 0 Å². The van der Waals surface area contributed by atoms with Crippen molar-refractivity contribution in [2.45, 2.75) is 24.6 Å². The average molecular weight is 313 g/mol. The van der Waals surface area contributed by atoms with Crippen molar-refractivity contribution in [1.82, 2.24) is 0 Å². The first kappa shape index (κ1) is 14.3. The van der Waals surface area contributed by atoms with E-state index < -0.39 is 34.7 Å². The van der Waals surface area contributed by atoms with Crippen molar-refractivity contribution in [1.29, 1.82) is 0 Å². The van der Waals surface area contributed by atoms with Gasteiger partial charge in [0.15, 0.2) is 17.4 Å². The molecule has 21 heavy (non-hydrogen) atoms. The van der Waals surface area contributed by atoms with E-state index in [9.17, 15) is 18.4 Å². The van der Waals surface area contributed by atoms with E-state index in [4.69, 9.17) is 4.74 Å². The fraction of sp³-hybridized carbons (Fsp3) is 0.429. The van der Waals surface area contributed by atoms with Gasteiger partial charge in [-0.15, -0.1) is 11.8 Å². The first-order chi connectivity index (χ1) is 9.95. The first-order valence-corrected chi connectivity index (χ1v) is 7.53. The fourth-order valence-corrected chi connectivity index (χ4v) is 4.15. The number of hydrogen-bond donors (Lipinski definition) is 0. The minimum Gasteiger partial charge on any atom is -0.465 e. The molecule has 1 aromatic rings. The Morgan fingerprint density at radius 1 is 1.38 bits per heavy atom. The predicted molar refractivity (Wildman–Crippen MR) is 74.1 cm³/mol. The average Bonchev–Trinajstić information content (AvgIpc) is 2.41. The number of fused-ring (bicyclic) bond motifs is 3. The van der Waals surface area contributed by atoms with E-state index in [0.29, 0.717) is 5.69 Å². The third-order valence-electron chi connectivity index (χ3n) is 3.69. The van der Waals surface area contributed by atoms with Crippen LogP contribution in [-0.2, 0) is 9.53 Å². The maximum Gasteiger partial charge on any atom is 0.319 e. The van der Waals surface area contributed by atoms with Gasteiger partial charge in [0.05, 0.1) is 23.0 Å². The maximum absolute atomic E-state index is 13.5. The number of ketones is 1. The minimum absolute atomic E-state index is 0.0105. The fourth-order valence-electron chi connectivity index (χ4n) is 2.75. The zero-order chi connectivity index (χ0) is 15.3. The molecular weight excluding hydrogens is 300 g/mol. The van der Waals surface area contributed by atoms with Crippen LogP contribution >= 0.6 is 11.8 Å². The van der Waals surface area contributed by atoms with E-state index in [2.05, 4.69) is 0 Å². The van der Waals surface area contributed by atoms with E-state index in [1.807, 2.05) is 6.92 Å². The van der Waals surface area contributed by atoms with Crippen LogP contribution in [0.15, 0.2) is 12.1 Å². The van der Waals surface area contributed by atoms with Crippen molar-refractivity contribution < 1.29 is 23.1 Å². The molecule has 7 heteroatoms. The Balaban J connectivity index is 2.08. The van der Waals surface area contributed by atoms with Crippen LogP contribution in [0.5, 0.6) is 0 Å². The van der Waals surface area contributed by atoms with Gasteiger partial charge in [-0.25, -0.2) is 8.78 Å². The van der Waals surface area contributed by atoms with Crippen LogP contribution in [0.2, 0.25) is 0 Å². The molecule has 0 N–H and O–H groups in total. The molecule has 3 rings (SSSR count). The number of thioether (sulfide) groups is 1. The van der Waals surface area contributed by atoms with Crippen molar-refractivity contribution in [3.05, 3.63) is 29.3 Å². The molecule has 0 spiro atoms. The quantitative estimate of drug-likeness (QED) is 0.620. The summed E-state index contributed by atoms with van der Waals surface area (Å²) in [6, 6.07) is 1.89. The second-order valence-electron chi connectivity index (χ2n) is 4.91. The molecule has 0 saturated carbocycles. The van der Waals surface area contributed by atoms with Gasteiger partial charge in [0.25, 0.3) is 0 Å². The Morgan fingerprint density at radius 3 is 2.67 bits per heavy atom. The van der Waals surface area contributed by atoms with Gasteiger partial charge in [-0.05, 0) is 19.9 Å². The topological polar surface area (TPSA) is 46.6 Å². The van der Waals surface area contributed by atoms with Gasteiger partial charge >= 0.3 is 5.97 Å². The molecule has 1 aromatic carbocycles. The van der Waals surface area contributed by atoms with Crippen LogP contribution in [-0.4, -0.2) is 29.1 Å². The van der Waals surface area contributed by atoms with Crippen LogP contribution in [0.4, 0.5) is 14.5 Å². The Labute approximate surface area is 124 Å². The van der Waals surface area contributed by atoms with Gasteiger partial charge in [0.1, 0.15) is 5.92 Å². The lowest BCUT2D eigenvalue weighted by Gasteiger charge is -2.53. The molecule has 2 heterocycles. The zero-order valence-electron chi connectivity index (χ0n) is 11.4. The summed E-state index contributed by atoms with van der Waals surface area (Å²) >= 11 is 1.44. The third-order valence-corrected chi connectivity index (χ3v) is 5.09. The molecule has 4 nitrogen and oxygen atoms in total. The lowest BCUT2D eigenvalue weighted by molar-refractivity contribution is -0.146. The van der Waals surface area contributed by atoms with Gasteiger partial charge in [-0.2, -0.15) is 0 Å². The molecule has 1 fully saturated rings. The Bertz CT molecular complexity index is 637. The highest BCUT2D eigenvalue weighted by Gasteiger charge is 2.53. The van der Waals surface area contributed by atoms with E-state index >= 15 is 0 Å². The van der Waals surface area contributed by atoms with E-state index in [-0.39, 0.29) is 17.5 Å². The van der Waals surface area contributed by atoms with Crippen LogP contribution in [0, 0.1) is 17.6 Å². The van der Waals surface area contributed by atoms with Gasteiger partial charge in [0.2, 0.25) is 0 Å². The number of Topliss-reactive ketones (excluding diaryl/α,β-unsaturated/α-hetero) is 1. The number of halogens is 2. The number of carbonyl (C=O) groups excluding carboxylic acids is 2. The third kappa shape index (κ3) is 2.02.